The van der Waals surface area contributed by atoms with Gasteiger partial charge in [-0.25, -0.2) is 0 Å². The van der Waals surface area contributed by atoms with Gasteiger partial charge in [0.25, 0.3) is 0 Å². The van der Waals surface area contributed by atoms with E-state index in [1.165, 1.54) is 5.56 Å². The van der Waals surface area contributed by atoms with Crippen molar-refractivity contribution >= 4 is 5.91 Å². The predicted molar refractivity (Wildman–Crippen MR) is 83.2 cm³/mol. The molecular weight excluding hydrogens is 266 g/mol. The Morgan fingerprint density at radius 2 is 2.14 bits per heavy atom. The Labute approximate surface area is 126 Å². The summed E-state index contributed by atoms with van der Waals surface area (Å²) >= 11 is 0. The molecule has 1 saturated heterocycles. The fraction of sp³-hybridized carbons (Fsp3) is 0.562. The molecule has 0 spiro atoms. The van der Waals surface area contributed by atoms with Gasteiger partial charge in [-0.2, -0.15) is 0 Å². The molecular formula is C16H25N3O2. The minimum absolute atomic E-state index is 0.107. The topological polar surface area (TPSA) is 67.6 Å². The van der Waals surface area contributed by atoms with Gasteiger partial charge in [-0.05, 0) is 37.6 Å². The van der Waals surface area contributed by atoms with Crippen LogP contribution in [0.5, 0.6) is 5.75 Å². The van der Waals surface area contributed by atoms with E-state index in [4.69, 9.17) is 10.5 Å². The van der Waals surface area contributed by atoms with Crippen molar-refractivity contribution in [2.24, 2.45) is 11.1 Å². The number of nitrogens with one attached hydrogen (secondary N) is 1. The monoisotopic (exact) mass is 291 g/mol. The summed E-state index contributed by atoms with van der Waals surface area (Å²) in [4.78, 5) is 14.3. The lowest BCUT2D eigenvalue weighted by Crippen LogP contribution is -2.40. The Kier molecular flexibility index (Phi) is 4.85. The number of nitrogens with zero attached hydrogens (tertiary/aromatic N) is 1. The zero-order valence-corrected chi connectivity index (χ0v) is 13.1. The number of carbonyl (C=O) groups excluding carboxylic acids is 1. The summed E-state index contributed by atoms with van der Waals surface area (Å²) in [6.07, 6.45) is 0.860. The van der Waals surface area contributed by atoms with E-state index >= 15 is 0 Å². The molecule has 0 bridgehead atoms. The summed E-state index contributed by atoms with van der Waals surface area (Å²) < 4.78 is 5.19. The van der Waals surface area contributed by atoms with Gasteiger partial charge in [0.05, 0.1) is 12.5 Å². The molecule has 2 atom stereocenters. The van der Waals surface area contributed by atoms with E-state index in [9.17, 15) is 4.79 Å². The summed E-state index contributed by atoms with van der Waals surface area (Å²) in [5.74, 6) is 0.946. The van der Waals surface area contributed by atoms with Gasteiger partial charge in [0.2, 0.25) is 5.91 Å². The number of rotatable bonds is 5. The first-order chi connectivity index (χ1) is 10.0. The van der Waals surface area contributed by atoms with Gasteiger partial charge in [0.15, 0.2) is 0 Å². The van der Waals surface area contributed by atoms with Crippen LogP contribution in [0, 0.1) is 5.41 Å². The summed E-state index contributed by atoms with van der Waals surface area (Å²) in [7, 11) is 3.35. The Morgan fingerprint density at radius 1 is 1.48 bits per heavy atom. The lowest BCUT2D eigenvalue weighted by molar-refractivity contribution is -0.129. The first kappa shape index (κ1) is 15.8. The molecule has 1 heterocycles. The van der Waals surface area contributed by atoms with Crippen molar-refractivity contribution in [1.29, 1.82) is 0 Å². The first-order valence-corrected chi connectivity index (χ1v) is 7.34. The van der Waals surface area contributed by atoms with Crippen LogP contribution >= 0.6 is 0 Å². The molecule has 5 nitrogen and oxygen atoms in total. The van der Waals surface area contributed by atoms with Crippen LogP contribution in [0.2, 0.25) is 0 Å². The number of nitrogens with two attached hydrogens (primary N) is 1. The molecule has 3 N–H and O–H groups in total. The molecule has 1 aromatic rings. The van der Waals surface area contributed by atoms with Crippen molar-refractivity contribution < 1.29 is 9.53 Å². The number of hydrogen-bond acceptors (Lipinski definition) is 4. The number of ether oxygens (including phenoxy) is 1. The van der Waals surface area contributed by atoms with Crippen molar-refractivity contribution in [2.75, 3.05) is 33.8 Å². The van der Waals surface area contributed by atoms with Crippen LogP contribution in [0.25, 0.3) is 0 Å². The van der Waals surface area contributed by atoms with Crippen LogP contribution in [-0.4, -0.2) is 44.6 Å². The number of likely N-dealkylation sites (tertiary alicyclic amines) is 1. The largest absolute Gasteiger partial charge is 0.497 e. The van der Waals surface area contributed by atoms with Crippen molar-refractivity contribution in [2.45, 2.75) is 19.4 Å². The molecule has 21 heavy (non-hydrogen) atoms. The molecule has 1 amide bonds. The smallest absolute Gasteiger partial charge is 0.227 e. The van der Waals surface area contributed by atoms with Gasteiger partial charge in [-0.1, -0.05) is 12.1 Å². The van der Waals surface area contributed by atoms with E-state index in [1.54, 1.807) is 14.2 Å². The maximum Gasteiger partial charge on any atom is 0.227 e. The standard InChI is InChI=1S/C16H25N3O2/c1-16(15(20)18-2)8-9-19(11-16)14(10-17)12-4-6-13(21-3)7-5-12/h4-7,14H,8-11,17H2,1-3H3,(H,18,20). The Morgan fingerprint density at radius 3 is 2.67 bits per heavy atom. The SMILES string of the molecule is CNC(=O)C1(C)CCN(C(CN)c2ccc(OC)cc2)C1. The number of carbonyl (C=O) groups is 1. The normalized spacial score (nSPS) is 23.8. The highest BCUT2D eigenvalue weighted by Gasteiger charge is 2.41. The average molecular weight is 291 g/mol. The third-order valence-electron chi connectivity index (χ3n) is 4.44. The van der Waals surface area contributed by atoms with E-state index in [0.29, 0.717) is 6.54 Å². The van der Waals surface area contributed by atoms with Gasteiger partial charge in [-0.3, -0.25) is 9.69 Å². The molecule has 5 heteroatoms. The van der Waals surface area contributed by atoms with Crippen molar-refractivity contribution in [1.82, 2.24) is 10.2 Å². The second-order valence-corrected chi connectivity index (χ2v) is 5.88. The molecule has 0 aromatic heterocycles. The predicted octanol–water partition coefficient (Wildman–Crippen LogP) is 1.15. The third kappa shape index (κ3) is 3.19. The second kappa shape index (κ2) is 6.45. The van der Waals surface area contributed by atoms with E-state index in [1.807, 2.05) is 31.2 Å². The molecule has 1 aliphatic rings. The Bertz CT molecular complexity index is 489. The highest BCUT2D eigenvalue weighted by molar-refractivity contribution is 5.82. The maximum absolute atomic E-state index is 12.0. The van der Waals surface area contributed by atoms with Crippen LogP contribution in [0.15, 0.2) is 24.3 Å². The van der Waals surface area contributed by atoms with Gasteiger partial charge < -0.3 is 15.8 Å². The second-order valence-electron chi connectivity index (χ2n) is 5.88. The third-order valence-corrected chi connectivity index (χ3v) is 4.44. The summed E-state index contributed by atoms with van der Waals surface area (Å²) in [6, 6.07) is 8.14. The summed E-state index contributed by atoms with van der Waals surface area (Å²) in [6.45, 7) is 4.18. The van der Waals surface area contributed by atoms with Gasteiger partial charge in [0, 0.05) is 26.2 Å². The lowest BCUT2D eigenvalue weighted by atomic mass is 9.89. The molecule has 1 aliphatic heterocycles. The van der Waals surface area contributed by atoms with Crippen molar-refractivity contribution in [3.8, 4) is 5.75 Å². The van der Waals surface area contributed by atoms with Crippen LogP contribution in [-0.2, 0) is 4.79 Å². The zero-order valence-electron chi connectivity index (χ0n) is 13.1. The van der Waals surface area contributed by atoms with Crippen LogP contribution < -0.4 is 15.8 Å². The quantitative estimate of drug-likeness (QED) is 0.854. The van der Waals surface area contributed by atoms with Crippen LogP contribution in [0.1, 0.15) is 24.9 Å². The number of amides is 1. The highest BCUT2D eigenvalue weighted by atomic mass is 16.5. The number of methoxy groups -OCH3 is 1. The van der Waals surface area contributed by atoms with Gasteiger partial charge in [0.1, 0.15) is 5.75 Å². The zero-order chi connectivity index (χ0) is 15.5. The van der Waals surface area contributed by atoms with E-state index in [0.717, 1.165) is 25.3 Å². The number of hydrogen-bond donors (Lipinski definition) is 2. The Hall–Kier alpha value is -1.59. The molecule has 1 fully saturated rings. The highest BCUT2D eigenvalue weighted by Crippen LogP contribution is 2.35. The van der Waals surface area contributed by atoms with Crippen molar-refractivity contribution in [3.05, 3.63) is 29.8 Å². The molecule has 1 aromatic carbocycles. The van der Waals surface area contributed by atoms with Crippen LogP contribution in [0.3, 0.4) is 0 Å². The molecule has 0 radical (unpaired) electrons. The summed E-state index contributed by atoms with van der Waals surface area (Å²) in [5, 5.41) is 2.77. The fourth-order valence-corrected chi connectivity index (χ4v) is 3.07. The maximum atomic E-state index is 12.0. The van der Waals surface area contributed by atoms with Gasteiger partial charge in [-0.15, -0.1) is 0 Å². The van der Waals surface area contributed by atoms with Crippen molar-refractivity contribution in [3.63, 3.8) is 0 Å². The molecule has 0 saturated carbocycles. The van der Waals surface area contributed by atoms with Gasteiger partial charge >= 0.3 is 0 Å². The molecule has 0 aliphatic carbocycles. The van der Waals surface area contributed by atoms with E-state index in [-0.39, 0.29) is 17.4 Å². The molecule has 2 unspecified atom stereocenters. The Balaban J connectivity index is 2.13. The minimum Gasteiger partial charge on any atom is -0.497 e. The molecule has 2 rings (SSSR count). The number of benzene rings is 1. The first-order valence-electron chi connectivity index (χ1n) is 7.34. The molecule has 116 valence electrons. The van der Waals surface area contributed by atoms with E-state index < -0.39 is 0 Å². The summed E-state index contributed by atoms with van der Waals surface area (Å²) in [5.41, 5.74) is 6.82. The minimum atomic E-state index is -0.325. The van der Waals surface area contributed by atoms with Crippen LogP contribution in [0.4, 0.5) is 0 Å². The van der Waals surface area contributed by atoms with E-state index in [2.05, 4.69) is 10.2 Å². The fourth-order valence-electron chi connectivity index (χ4n) is 3.07. The average Bonchev–Trinajstić information content (AvgIpc) is 2.91. The lowest BCUT2D eigenvalue weighted by Gasteiger charge is -2.29.